The van der Waals surface area contributed by atoms with Crippen molar-refractivity contribution in [2.75, 3.05) is 0 Å². The Hall–Kier alpha value is -1.45. The molecule has 0 aliphatic carbocycles. The molecule has 0 amide bonds. The van der Waals surface area contributed by atoms with Crippen LogP contribution in [0.1, 0.15) is 17.4 Å². The van der Waals surface area contributed by atoms with Crippen LogP contribution >= 0.6 is 11.6 Å². The molecule has 82 valence electrons. The minimum absolute atomic E-state index is 0.329. The summed E-state index contributed by atoms with van der Waals surface area (Å²) in [6.07, 6.45) is 2.81. The van der Waals surface area contributed by atoms with Crippen LogP contribution in [0.25, 0.3) is 0 Å². The third-order valence-electron chi connectivity index (χ3n) is 2.25. The Morgan fingerprint density at radius 2 is 1.88 bits per heavy atom. The van der Waals surface area contributed by atoms with Crippen molar-refractivity contribution < 1.29 is 5.11 Å². The third kappa shape index (κ3) is 2.78. The first-order valence-electron chi connectivity index (χ1n) is 4.95. The number of hydrogen-bond donors (Lipinski definition) is 1. The van der Waals surface area contributed by atoms with Crippen LogP contribution in [0.3, 0.4) is 0 Å². The molecular weight excluding hydrogens is 224 g/mol. The van der Waals surface area contributed by atoms with Crippen LogP contribution in [0.2, 0.25) is 5.15 Å². The highest BCUT2D eigenvalue weighted by Crippen LogP contribution is 2.16. The number of nitrogens with zero attached hydrogens (tertiary/aromatic N) is 2. The lowest BCUT2D eigenvalue weighted by molar-refractivity contribution is 0.173. The van der Waals surface area contributed by atoms with E-state index in [1.807, 2.05) is 30.3 Å². The van der Waals surface area contributed by atoms with Crippen LogP contribution < -0.4 is 0 Å². The van der Waals surface area contributed by atoms with Crippen LogP contribution in [0.4, 0.5) is 0 Å². The van der Waals surface area contributed by atoms with Gasteiger partial charge in [-0.2, -0.15) is 0 Å². The standard InChI is InChI=1S/C12H11ClN2O/c13-12-8-14-10(7-15-12)11(16)6-9-4-2-1-3-5-9/h1-5,7-8,11,16H,6H2. The first kappa shape index (κ1) is 11.0. The van der Waals surface area contributed by atoms with Gasteiger partial charge in [0.05, 0.1) is 18.1 Å². The van der Waals surface area contributed by atoms with E-state index in [0.717, 1.165) is 5.56 Å². The average molecular weight is 235 g/mol. The molecule has 1 heterocycles. The number of rotatable bonds is 3. The highest BCUT2D eigenvalue weighted by molar-refractivity contribution is 6.29. The molecule has 1 unspecified atom stereocenters. The summed E-state index contributed by atoms with van der Waals surface area (Å²) < 4.78 is 0. The summed E-state index contributed by atoms with van der Waals surface area (Å²) in [4.78, 5) is 7.91. The fraction of sp³-hybridized carbons (Fsp3) is 0.167. The van der Waals surface area contributed by atoms with Gasteiger partial charge in [0.25, 0.3) is 0 Å². The van der Waals surface area contributed by atoms with E-state index in [-0.39, 0.29) is 0 Å². The Morgan fingerprint density at radius 1 is 1.12 bits per heavy atom. The number of hydrogen-bond acceptors (Lipinski definition) is 3. The van der Waals surface area contributed by atoms with E-state index in [1.165, 1.54) is 12.4 Å². The lowest BCUT2D eigenvalue weighted by atomic mass is 10.1. The predicted octanol–water partition coefficient (Wildman–Crippen LogP) is 2.41. The minimum Gasteiger partial charge on any atom is -0.386 e. The monoisotopic (exact) mass is 234 g/mol. The molecule has 3 nitrogen and oxygen atoms in total. The second kappa shape index (κ2) is 5.05. The van der Waals surface area contributed by atoms with Crippen molar-refractivity contribution in [1.29, 1.82) is 0 Å². The molecule has 0 saturated heterocycles. The van der Waals surface area contributed by atoms with Crippen LogP contribution in [0, 0.1) is 0 Å². The Bertz CT molecular complexity index is 444. The molecule has 1 aromatic carbocycles. The topological polar surface area (TPSA) is 46.0 Å². The Morgan fingerprint density at radius 3 is 2.50 bits per heavy atom. The smallest absolute Gasteiger partial charge is 0.147 e. The van der Waals surface area contributed by atoms with Crippen LogP contribution in [-0.2, 0) is 6.42 Å². The number of halogens is 1. The van der Waals surface area contributed by atoms with Gasteiger partial charge in [0.15, 0.2) is 0 Å². The minimum atomic E-state index is -0.646. The van der Waals surface area contributed by atoms with E-state index in [9.17, 15) is 5.11 Å². The third-order valence-corrected chi connectivity index (χ3v) is 2.45. The van der Waals surface area contributed by atoms with E-state index in [4.69, 9.17) is 11.6 Å². The lowest BCUT2D eigenvalue weighted by Crippen LogP contribution is -2.04. The Labute approximate surface area is 98.8 Å². The molecule has 0 aliphatic heterocycles. The van der Waals surface area contributed by atoms with Gasteiger partial charge in [-0.15, -0.1) is 0 Å². The van der Waals surface area contributed by atoms with Gasteiger partial charge in [0.2, 0.25) is 0 Å². The van der Waals surface area contributed by atoms with Gasteiger partial charge in [-0.1, -0.05) is 41.9 Å². The molecule has 1 N–H and O–H groups in total. The summed E-state index contributed by atoms with van der Waals surface area (Å²) in [5.74, 6) is 0. The highest BCUT2D eigenvalue weighted by atomic mass is 35.5. The summed E-state index contributed by atoms with van der Waals surface area (Å²) in [5.41, 5.74) is 1.60. The van der Waals surface area contributed by atoms with Gasteiger partial charge >= 0.3 is 0 Å². The van der Waals surface area contributed by atoms with E-state index >= 15 is 0 Å². The quantitative estimate of drug-likeness (QED) is 0.887. The van der Waals surface area contributed by atoms with Crippen molar-refractivity contribution in [2.24, 2.45) is 0 Å². The molecule has 1 atom stereocenters. The van der Waals surface area contributed by atoms with Crippen molar-refractivity contribution in [3.05, 3.63) is 59.1 Å². The van der Waals surface area contributed by atoms with E-state index in [2.05, 4.69) is 9.97 Å². The van der Waals surface area contributed by atoms with Crippen LogP contribution in [0.5, 0.6) is 0 Å². The van der Waals surface area contributed by atoms with Gasteiger partial charge in [0.1, 0.15) is 11.3 Å². The first-order valence-corrected chi connectivity index (χ1v) is 5.33. The summed E-state index contributed by atoms with van der Waals surface area (Å²) in [6, 6.07) is 9.75. The molecule has 2 rings (SSSR count). The van der Waals surface area contributed by atoms with Gasteiger partial charge < -0.3 is 5.11 Å². The van der Waals surface area contributed by atoms with Crippen molar-refractivity contribution in [3.63, 3.8) is 0 Å². The lowest BCUT2D eigenvalue weighted by Gasteiger charge is -2.09. The zero-order valence-corrected chi connectivity index (χ0v) is 9.30. The van der Waals surface area contributed by atoms with E-state index in [1.54, 1.807) is 0 Å². The molecule has 1 aromatic heterocycles. The number of aromatic nitrogens is 2. The molecule has 0 bridgehead atoms. The van der Waals surface area contributed by atoms with Crippen LogP contribution in [-0.4, -0.2) is 15.1 Å². The number of aliphatic hydroxyl groups excluding tert-OH is 1. The fourth-order valence-electron chi connectivity index (χ4n) is 1.44. The Balaban J connectivity index is 2.09. The number of benzene rings is 1. The zero-order valence-electron chi connectivity index (χ0n) is 8.55. The first-order chi connectivity index (χ1) is 7.75. The van der Waals surface area contributed by atoms with E-state index < -0.39 is 6.10 Å². The summed E-state index contributed by atoms with van der Waals surface area (Å²) in [5, 5.41) is 10.2. The molecule has 0 saturated carbocycles. The normalized spacial score (nSPS) is 12.4. The molecule has 0 spiro atoms. The molecule has 4 heteroatoms. The molecule has 2 aromatic rings. The van der Waals surface area contributed by atoms with Crippen molar-refractivity contribution in [3.8, 4) is 0 Å². The molecular formula is C12H11ClN2O. The predicted molar refractivity (Wildman–Crippen MR) is 62.1 cm³/mol. The summed E-state index contributed by atoms with van der Waals surface area (Å²) >= 11 is 5.62. The molecule has 0 fully saturated rings. The maximum absolute atomic E-state index is 9.92. The molecule has 0 radical (unpaired) electrons. The van der Waals surface area contributed by atoms with Crippen molar-refractivity contribution >= 4 is 11.6 Å². The average Bonchev–Trinajstić information content (AvgIpc) is 2.31. The maximum Gasteiger partial charge on any atom is 0.147 e. The summed E-state index contributed by atoms with van der Waals surface area (Å²) in [6.45, 7) is 0. The maximum atomic E-state index is 9.92. The number of aliphatic hydroxyl groups is 1. The van der Waals surface area contributed by atoms with Crippen molar-refractivity contribution in [1.82, 2.24) is 9.97 Å². The highest BCUT2D eigenvalue weighted by Gasteiger charge is 2.10. The Kier molecular flexibility index (Phi) is 3.49. The van der Waals surface area contributed by atoms with Crippen LogP contribution in [0.15, 0.2) is 42.7 Å². The molecule has 16 heavy (non-hydrogen) atoms. The summed E-state index contributed by atoms with van der Waals surface area (Å²) in [7, 11) is 0. The zero-order chi connectivity index (χ0) is 11.4. The fourth-order valence-corrected chi connectivity index (χ4v) is 1.53. The molecule has 0 aliphatic rings. The van der Waals surface area contributed by atoms with Gasteiger partial charge in [-0.3, -0.25) is 4.98 Å². The van der Waals surface area contributed by atoms with E-state index in [0.29, 0.717) is 17.3 Å². The van der Waals surface area contributed by atoms with Crippen molar-refractivity contribution in [2.45, 2.75) is 12.5 Å². The van der Waals surface area contributed by atoms with Gasteiger partial charge in [0, 0.05) is 6.42 Å². The largest absolute Gasteiger partial charge is 0.386 e. The second-order valence-corrected chi connectivity index (χ2v) is 3.86. The van der Waals surface area contributed by atoms with Gasteiger partial charge in [-0.05, 0) is 5.56 Å². The SMILES string of the molecule is OC(Cc1ccccc1)c1cnc(Cl)cn1. The second-order valence-electron chi connectivity index (χ2n) is 3.47. The van der Waals surface area contributed by atoms with Gasteiger partial charge in [-0.25, -0.2) is 4.98 Å².